The molecule has 0 fully saturated rings. The van der Waals surface area contributed by atoms with E-state index in [4.69, 9.17) is 5.53 Å². The number of benzene rings is 1. The number of hydrogen-bond acceptors (Lipinski definition) is 4. The summed E-state index contributed by atoms with van der Waals surface area (Å²) in [6.07, 6.45) is 1.60. The molecule has 3 aromatic rings. The minimum Gasteiger partial charge on any atom is -0.476 e. The number of rotatable bonds is 3. The van der Waals surface area contributed by atoms with Crippen molar-refractivity contribution in [3.63, 3.8) is 0 Å². The van der Waals surface area contributed by atoms with Gasteiger partial charge < -0.3 is 5.11 Å². The number of carbonyl (C=O) groups is 1. The predicted octanol–water partition coefficient (Wildman–Crippen LogP) is 3.28. The number of aromatic carboxylic acids is 1. The molecule has 3 rings (SSSR count). The summed E-state index contributed by atoms with van der Waals surface area (Å²) in [6, 6.07) is 8.59. The van der Waals surface area contributed by atoms with Gasteiger partial charge in [-0.1, -0.05) is 29.4 Å². The first kappa shape index (κ1) is 13.6. The predicted molar refractivity (Wildman–Crippen MR) is 79.7 cm³/mol. The number of hydrogen-bond donors (Lipinski definition) is 1. The van der Waals surface area contributed by atoms with Crippen molar-refractivity contribution in [2.24, 2.45) is 12.2 Å². The van der Waals surface area contributed by atoms with Crippen LogP contribution in [0.1, 0.15) is 10.5 Å². The highest BCUT2D eigenvalue weighted by molar-refractivity contribution is 6.06. The van der Waals surface area contributed by atoms with Gasteiger partial charge in [0.25, 0.3) is 0 Å². The summed E-state index contributed by atoms with van der Waals surface area (Å²) in [6.45, 7) is 0. The Labute approximate surface area is 124 Å². The van der Waals surface area contributed by atoms with Crippen molar-refractivity contribution in [1.82, 2.24) is 14.8 Å². The first-order chi connectivity index (χ1) is 10.6. The van der Waals surface area contributed by atoms with Gasteiger partial charge in [0.2, 0.25) is 0 Å². The van der Waals surface area contributed by atoms with Gasteiger partial charge in [0.05, 0.1) is 5.39 Å². The Balaban J connectivity index is 2.26. The zero-order valence-electron chi connectivity index (χ0n) is 11.5. The average Bonchev–Trinajstić information content (AvgIpc) is 2.86. The summed E-state index contributed by atoms with van der Waals surface area (Å²) in [5, 5.41) is 17.3. The van der Waals surface area contributed by atoms with E-state index >= 15 is 0 Å². The number of pyridine rings is 1. The molecule has 0 unspecified atom stereocenters. The third-order valence-corrected chi connectivity index (χ3v) is 3.27. The molecule has 0 saturated carbocycles. The molecule has 1 aromatic carbocycles. The summed E-state index contributed by atoms with van der Waals surface area (Å²) >= 11 is 0. The highest BCUT2D eigenvalue weighted by Crippen LogP contribution is 2.31. The molecular weight excluding hydrogens is 284 g/mol. The third-order valence-electron chi connectivity index (χ3n) is 3.27. The van der Waals surface area contributed by atoms with Gasteiger partial charge in [-0.05, 0) is 22.7 Å². The van der Waals surface area contributed by atoms with Gasteiger partial charge >= 0.3 is 5.97 Å². The van der Waals surface area contributed by atoms with Crippen LogP contribution in [0.4, 0.5) is 5.69 Å². The molecule has 0 aliphatic heterocycles. The smallest absolute Gasteiger partial charge is 0.357 e. The van der Waals surface area contributed by atoms with Gasteiger partial charge in [0.15, 0.2) is 11.3 Å². The van der Waals surface area contributed by atoms with E-state index in [1.165, 1.54) is 4.68 Å². The highest BCUT2D eigenvalue weighted by Gasteiger charge is 2.19. The Kier molecular flexibility index (Phi) is 3.21. The molecule has 8 heteroatoms. The molecule has 0 aliphatic carbocycles. The summed E-state index contributed by atoms with van der Waals surface area (Å²) < 4.78 is 1.44. The monoisotopic (exact) mass is 294 g/mol. The molecule has 0 spiro atoms. The summed E-state index contributed by atoms with van der Waals surface area (Å²) in [7, 11) is 1.65. The lowest BCUT2D eigenvalue weighted by Crippen LogP contribution is -1.99. The Morgan fingerprint density at radius 1 is 1.32 bits per heavy atom. The second-order valence-electron chi connectivity index (χ2n) is 4.57. The molecule has 0 saturated heterocycles. The highest BCUT2D eigenvalue weighted by atomic mass is 16.4. The van der Waals surface area contributed by atoms with Crippen LogP contribution in [0.25, 0.3) is 32.6 Å². The number of nitrogens with zero attached hydrogens (tertiary/aromatic N) is 6. The largest absolute Gasteiger partial charge is 0.476 e. The zero-order chi connectivity index (χ0) is 15.7. The van der Waals surface area contributed by atoms with Crippen LogP contribution in [0.15, 0.2) is 41.6 Å². The lowest BCUT2D eigenvalue weighted by atomic mass is 10.0. The molecule has 108 valence electrons. The van der Waals surface area contributed by atoms with Crippen LogP contribution in [-0.2, 0) is 7.05 Å². The molecule has 0 atom stereocenters. The van der Waals surface area contributed by atoms with Crippen molar-refractivity contribution >= 4 is 22.7 Å². The van der Waals surface area contributed by atoms with Crippen LogP contribution in [0.3, 0.4) is 0 Å². The maximum absolute atomic E-state index is 11.4. The molecule has 22 heavy (non-hydrogen) atoms. The Bertz CT molecular complexity index is 922. The van der Waals surface area contributed by atoms with Crippen LogP contribution >= 0.6 is 0 Å². The maximum atomic E-state index is 11.4. The molecule has 1 N–H and O–H groups in total. The number of carboxylic acid groups (broad SMARTS) is 1. The van der Waals surface area contributed by atoms with Gasteiger partial charge in [-0.25, -0.2) is 14.5 Å². The van der Waals surface area contributed by atoms with Gasteiger partial charge in [-0.2, -0.15) is 5.10 Å². The van der Waals surface area contributed by atoms with Crippen molar-refractivity contribution < 1.29 is 9.90 Å². The zero-order valence-corrected chi connectivity index (χ0v) is 11.5. The van der Waals surface area contributed by atoms with Crippen LogP contribution in [-0.4, -0.2) is 25.8 Å². The van der Waals surface area contributed by atoms with Gasteiger partial charge in [-0.15, -0.1) is 0 Å². The number of fused-ring (bicyclic) bond motifs is 1. The second kappa shape index (κ2) is 5.19. The molecule has 0 bridgehead atoms. The molecule has 8 nitrogen and oxygen atoms in total. The first-order valence-corrected chi connectivity index (χ1v) is 6.32. The minimum absolute atomic E-state index is 0.0419. The Morgan fingerprint density at radius 2 is 2.05 bits per heavy atom. The maximum Gasteiger partial charge on any atom is 0.357 e. The van der Waals surface area contributed by atoms with E-state index in [9.17, 15) is 9.90 Å². The van der Waals surface area contributed by atoms with E-state index in [-0.39, 0.29) is 5.69 Å². The van der Waals surface area contributed by atoms with Crippen LogP contribution in [0.5, 0.6) is 0 Å². The fourth-order valence-electron chi connectivity index (χ4n) is 2.33. The molecular formula is C14H10N6O2. The van der Waals surface area contributed by atoms with Crippen molar-refractivity contribution in [1.29, 1.82) is 0 Å². The molecule has 2 aromatic heterocycles. The van der Waals surface area contributed by atoms with Crippen molar-refractivity contribution in [3.8, 4) is 11.1 Å². The van der Waals surface area contributed by atoms with Crippen molar-refractivity contribution in [2.45, 2.75) is 0 Å². The molecule has 2 heterocycles. The molecule has 0 aliphatic rings. The summed E-state index contributed by atoms with van der Waals surface area (Å²) in [4.78, 5) is 18.3. The average molecular weight is 294 g/mol. The van der Waals surface area contributed by atoms with Crippen molar-refractivity contribution in [3.05, 3.63) is 52.7 Å². The summed E-state index contributed by atoms with van der Waals surface area (Å²) in [5.74, 6) is -1.11. The number of aromatic nitrogens is 3. The van der Waals surface area contributed by atoms with Crippen LogP contribution < -0.4 is 0 Å². The SMILES string of the molecule is Cn1nc(C(=O)O)c2c(-c3ccc(N=[N+]=[N-])cc3)ccnc21. The first-order valence-electron chi connectivity index (χ1n) is 6.32. The topological polar surface area (TPSA) is 117 Å². The van der Waals surface area contributed by atoms with Gasteiger partial charge in [-0.3, -0.25) is 0 Å². The standard InChI is InChI=1S/C14H10N6O2/c1-20-13-11(12(18-20)14(21)22)10(6-7-16-13)8-2-4-9(5-3-8)17-19-15/h2-7H,1H3,(H,21,22). The fraction of sp³-hybridized carbons (Fsp3) is 0.0714. The lowest BCUT2D eigenvalue weighted by Gasteiger charge is -2.04. The van der Waals surface area contributed by atoms with E-state index in [2.05, 4.69) is 20.1 Å². The number of aryl methyl sites for hydroxylation is 1. The fourth-order valence-corrected chi connectivity index (χ4v) is 2.33. The van der Waals surface area contributed by atoms with E-state index < -0.39 is 5.97 Å². The number of azide groups is 1. The number of carboxylic acids is 1. The lowest BCUT2D eigenvalue weighted by molar-refractivity contribution is 0.0691. The quantitative estimate of drug-likeness (QED) is 0.453. The van der Waals surface area contributed by atoms with E-state index in [1.807, 2.05) is 0 Å². The summed E-state index contributed by atoms with van der Waals surface area (Å²) in [5.41, 5.74) is 10.9. The van der Waals surface area contributed by atoms with Gasteiger partial charge in [0.1, 0.15) is 0 Å². The Hall–Kier alpha value is -3.38. The second-order valence-corrected chi connectivity index (χ2v) is 4.57. The van der Waals surface area contributed by atoms with Crippen LogP contribution in [0.2, 0.25) is 0 Å². The van der Waals surface area contributed by atoms with Gasteiger partial charge in [0, 0.05) is 23.8 Å². The van der Waals surface area contributed by atoms with E-state index in [0.29, 0.717) is 22.3 Å². The van der Waals surface area contributed by atoms with Crippen molar-refractivity contribution in [2.75, 3.05) is 0 Å². The van der Waals surface area contributed by atoms with E-state index in [0.717, 1.165) is 5.56 Å². The molecule has 0 amide bonds. The van der Waals surface area contributed by atoms with Crippen LogP contribution in [0, 0.1) is 0 Å². The van der Waals surface area contributed by atoms with E-state index in [1.54, 1.807) is 43.6 Å². The normalized spacial score (nSPS) is 10.4. The molecule has 0 radical (unpaired) electrons. The minimum atomic E-state index is -1.11. The Morgan fingerprint density at radius 3 is 2.68 bits per heavy atom. The third kappa shape index (κ3) is 2.13.